The van der Waals surface area contributed by atoms with Gasteiger partial charge in [0.25, 0.3) is 0 Å². The minimum Gasteiger partial charge on any atom is -0.379 e. The smallest absolute Gasteiger partial charge is 0.327 e. The highest BCUT2D eigenvalue weighted by molar-refractivity contribution is 7.98. The number of thioether (sulfide) groups is 1. The van der Waals surface area contributed by atoms with Crippen molar-refractivity contribution in [2.24, 2.45) is 5.92 Å². The summed E-state index contributed by atoms with van der Waals surface area (Å²) in [6, 6.07) is 1.45. The van der Waals surface area contributed by atoms with E-state index in [0.717, 1.165) is 11.8 Å². The highest BCUT2D eigenvalue weighted by Gasteiger charge is 2.22. The summed E-state index contributed by atoms with van der Waals surface area (Å²) in [5.41, 5.74) is -0.835. The molecule has 1 unspecified atom stereocenters. The SMILES string of the molecule is CSCC(C)CNc1cc(F)cc(F)c1[N+](=O)[O-]. The van der Waals surface area contributed by atoms with Crippen LogP contribution in [0.5, 0.6) is 0 Å². The molecule has 1 rings (SSSR count). The molecule has 4 nitrogen and oxygen atoms in total. The second kappa shape index (κ2) is 6.53. The van der Waals surface area contributed by atoms with Crippen molar-refractivity contribution in [1.82, 2.24) is 0 Å². The fourth-order valence-electron chi connectivity index (χ4n) is 1.51. The molecule has 0 aromatic heterocycles. The maximum Gasteiger partial charge on any atom is 0.327 e. The van der Waals surface area contributed by atoms with Crippen LogP contribution < -0.4 is 5.32 Å². The Morgan fingerprint density at radius 3 is 2.72 bits per heavy atom. The van der Waals surface area contributed by atoms with Crippen LogP contribution in [0.25, 0.3) is 0 Å². The summed E-state index contributed by atoms with van der Waals surface area (Å²) in [6.07, 6.45) is 1.95. The monoisotopic (exact) mass is 276 g/mol. The van der Waals surface area contributed by atoms with E-state index in [9.17, 15) is 18.9 Å². The third-order valence-electron chi connectivity index (χ3n) is 2.30. The largest absolute Gasteiger partial charge is 0.379 e. The van der Waals surface area contributed by atoms with Gasteiger partial charge in [-0.15, -0.1) is 0 Å². The fraction of sp³-hybridized carbons (Fsp3) is 0.455. The van der Waals surface area contributed by atoms with Gasteiger partial charge in [0.1, 0.15) is 11.5 Å². The number of hydrogen-bond donors (Lipinski definition) is 1. The van der Waals surface area contributed by atoms with E-state index in [-0.39, 0.29) is 11.6 Å². The van der Waals surface area contributed by atoms with Crippen molar-refractivity contribution >= 4 is 23.1 Å². The number of halogens is 2. The molecule has 0 radical (unpaired) electrons. The molecule has 0 aliphatic heterocycles. The summed E-state index contributed by atoms with van der Waals surface area (Å²) in [5.74, 6) is -0.900. The Morgan fingerprint density at radius 1 is 1.50 bits per heavy atom. The van der Waals surface area contributed by atoms with Gasteiger partial charge in [-0.2, -0.15) is 16.2 Å². The zero-order chi connectivity index (χ0) is 13.7. The molecule has 0 bridgehead atoms. The average molecular weight is 276 g/mol. The van der Waals surface area contributed by atoms with Gasteiger partial charge in [-0.1, -0.05) is 6.92 Å². The third kappa shape index (κ3) is 3.83. The third-order valence-corrected chi connectivity index (χ3v) is 3.21. The molecule has 100 valence electrons. The van der Waals surface area contributed by atoms with Crippen molar-refractivity contribution in [3.8, 4) is 0 Å². The number of benzene rings is 1. The first-order valence-electron chi connectivity index (χ1n) is 5.32. The molecule has 1 aromatic rings. The molecular weight excluding hydrogens is 262 g/mol. The molecule has 0 saturated heterocycles. The van der Waals surface area contributed by atoms with Crippen LogP contribution in [0.15, 0.2) is 12.1 Å². The van der Waals surface area contributed by atoms with E-state index >= 15 is 0 Å². The van der Waals surface area contributed by atoms with Crippen molar-refractivity contribution in [2.45, 2.75) is 6.92 Å². The Hall–Kier alpha value is -1.37. The van der Waals surface area contributed by atoms with Crippen LogP contribution in [-0.4, -0.2) is 23.5 Å². The van der Waals surface area contributed by atoms with Gasteiger partial charge >= 0.3 is 5.69 Å². The molecular formula is C11H14F2N2O2S. The Balaban J connectivity index is 2.90. The maximum atomic E-state index is 13.3. The maximum absolute atomic E-state index is 13.3. The summed E-state index contributed by atoms with van der Waals surface area (Å²) >= 11 is 1.64. The van der Waals surface area contributed by atoms with Crippen LogP contribution >= 0.6 is 11.8 Å². The molecule has 18 heavy (non-hydrogen) atoms. The predicted octanol–water partition coefficient (Wildman–Crippen LogP) is 3.28. The van der Waals surface area contributed by atoms with Gasteiger partial charge in [0.15, 0.2) is 0 Å². The van der Waals surface area contributed by atoms with Crippen molar-refractivity contribution < 1.29 is 13.7 Å². The number of nitrogens with one attached hydrogen (secondary N) is 1. The molecule has 0 heterocycles. The fourth-order valence-corrected chi connectivity index (χ4v) is 2.20. The van der Waals surface area contributed by atoms with Crippen LogP contribution in [0.2, 0.25) is 0 Å². The molecule has 0 aliphatic carbocycles. The van der Waals surface area contributed by atoms with Crippen molar-refractivity contribution in [3.05, 3.63) is 33.9 Å². The standard InChI is InChI=1S/C11H14F2N2O2S/c1-7(6-18-2)5-14-10-4-8(12)3-9(13)11(10)15(16)17/h3-4,7,14H,5-6H2,1-2H3. The van der Waals surface area contributed by atoms with Crippen LogP contribution in [0.1, 0.15) is 6.92 Å². The van der Waals surface area contributed by atoms with Crippen LogP contribution in [0, 0.1) is 27.7 Å². The molecule has 7 heteroatoms. The topological polar surface area (TPSA) is 55.2 Å². The summed E-state index contributed by atoms with van der Waals surface area (Å²) in [4.78, 5) is 9.87. The number of nitrogens with zero attached hydrogens (tertiary/aromatic N) is 1. The lowest BCUT2D eigenvalue weighted by Crippen LogP contribution is -2.14. The first-order valence-corrected chi connectivity index (χ1v) is 6.71. The second-order valence-electron chi connectivity index (χ2n) is 3.98. The van der Waals surface area contributed by atoms with E-state index in [1.165, 1.54) is 0 Å². The normalized spacial score (nSPS) is 12.2. The van der Waals surface area contributed by atoms with Crippen LogP contribution in [0.4, 0.5) is 20.2 Å². The zero-order valence-electron chi connectivity index (χ0n) is 10.1. The number of nitro groups is 1. The first kappa shape index (κ1) is 14.7. The van der Waals surface area contributed by atoms with Gasteiger partial charge in [0, 0.05) is 18.7 Å². The number of nitro benzene ring substituents is 1. The van der Waals surface area contributed by atoms with Gasteiger partial charge in [0.2, 0.25) is 5.82 Å². The van der Waals surface area contributed by atoms with Gasteiger partial charge in [0.05, 0.1) is 4.92 Å². The molecule has 1 aromatic carbocycles. The Morgan fingerprint density at radius 2 is 2.17 bits per heavy atom. The lowest BCUT2D eigenvalue weighted by molar-refractivity contribution is -0.386. The molecule has 0 fully saturated rings. The molecule has 0 spiro atoms. The van der Waals surface area contributed by atoms with E-state index < -0.39 is 22.2 Å². The summed E-state index contributed by atoms with van der Waals surface area (Å²) in [6.45, 7) is 2.37. The number of anilines is 1. The van der Waals surface area contributed by atoms with Crippen molar-refractivity contribution in [3.63, 3.8) is 0 Å². The van der Waals surface area contributed by atoms with Gasteiger partial charge in [-0.05, 0) is 17.9 Å². The molecule has 1 N–H and O–H groups in total. The number of rotatable bonds is 6. The van der Waals surface area contributed by atoms with E-state index in [1.807, 2.05) is 13.2 Å². The second-order valence-corrected chi connectivity index (χ2v) is 4.89. The van der Waals surface area contributed by atoms with E-state index in [4.69, 9.17) is 0 Å². The predicted molar refractivity (Wildman–Crippen MR) is 69.0 cm³/mol. The highest BCUT2D eigenvalue weighted by Crippen LogP contribution is 2.29. The Kier molecular flexibility index (Phi) is 5.33. The average Bonchev–Trinajstić information content (AvgIpc) is 2.25. The summed E-state index contributed by atoms with van der Waals surface area (Å²) in [7, 11) is 0. The minimum absolute atomic E-state index is 0.120. The molecule has 0 saturated carbocycles. The van der Waals surface area contributed by atoms with Crippen molar-refractivity contribution in [1.29, 1.82) is 0 Å². The number of hydrogen-bond acceptors (Lipinski definition) is 4. The molecule has 0 aliphatic rings. The van der Waals surface area contributed by atoms with E-state index in [0.29, 0.717) is 12.6 Å². The van der Waals surface area contributed by atoms with Gasteiger partial charge in [-0.25, -0.2) is 4.39 Å². The Bertz CT molecular complexity index is 443. The lowest BCUT2D eigenvalue weighted by atomic mass is 10.2. The molecule has 1 atom stereocenters. The quantitative estimate of drug-likeness (QED) is 0.640. The van der Waals surface area contributed by atoms with E-state index in [1.54, 1.807) is 11.8 Å². The van der Waals surface area contributed by atoms with Crippen LogP contribution in [0.3, 0.4) is 0 Å². The summed E-state index contributed by atoms with van der Waals surface area (Å²) < 4.78 is 26.3. The first-order chi connectivity index (χ1) is 8.45. The minimum atomic E-state index is -1.17. The summed E-state index contributed by atoms with van der Waals surface area (Å²) in [5, 5.41) is 13.4. The van der Waals surface area contributed by atoms with E-state index in [2.05, 4.69) is 5.32 Å². The van der Waals surface area contributed by atoms with Gasteiger partial charge in [-0.3, -0.25) is 10.1 Å². The van der Waals surface area contributed by atoms with Crippen LogP contribution in [-0.2, 0) is 0 Å². The zero-order valence-corrected chi connectivity index (χ0v) is 10.9. The lowest BCUT2D eigenvalue weighted by Gasteiger charge is -2.12. The van der Waals surface area contributed by atoms with Gasteiger partial charge < -0.3 is 5.32 Å². The Labute approximate surface area is 108 Å². The van der Waals surface area contributed by atoms with Crippen molar-refractivity contribution in [2.75, 3.05) is 23.9 Å². The highest BCUT2D eigenvalue weighted by atomic mass is 32.2. The molecule has 0 amide bonds.